The molecule has 1 unspecified atom stereocenters. The summed E-state index contributed by atoms with van der Waals surface area (Å²) in [5, 5.41) is 10.3. The standard InChI is InChI=1S/C15H22F3N3O3/c1-20-8-5-19-13(20)14(23,15(16,17)18)9-12(22)21-6-3-11(4-7-21)10-24-2/h5,8,11,23H,3-4,6-7,9-10H2,1-2H3. The van der Waals surface area contributed by atoms with E-state index in [1.54, 1.807) is 7.11 Å². The molecule has 2 rings (SSSR count). The molecule has 6 nitrogen and oxygen atoms in total. The van der Waals surface area contributed by atoms with E-state index in [9.17, 15) is 23.1 Å². The van der Waals surface area contributed by atoms with Gasteiger partial charge in [-0.05, 0) is 18.8 Å². The van der Waals surface area contributed by atoms with Crippen molar-refractivity contribution in [3.05, 3.63) is 18.2 Å². The number of nitrogens with zero attached hydrogens (tertiary/aromatic N) is 3. The fraction of sp³-hybridized carbons (Fsp3) is 0.733. The second-order valence-electron chi connectivity index (χ2n) is 6.18. The van der Waals surface area contributed by atoms with Crippen LogP contribution in [0.15, 0.2) is 12.4 Å². The van der Waals surface area contributed by atoms with E-state index in [2.05, 4.69) is 4.98 Å². The van der Waals surface area contributed by atoms with E-state index < -0.39 is 29.9 Å². The van der Waals surface area contributed by atoms with Gasteiger partial charge in [0.1, 0.15) is 0 Å². The Labute approximate surface area is 138 Å². The number of piperidine rings is 1. The smallest absolute Gasteiger partial charge is 0.384 e. The van der Waals surface area contributed by atoms with Gasteiger partial charge >= 0.3 is 6.18 Å². The third kappa shape index (κ3) is 3.72. The Kier molecular flexibility index (Phi) is 5.54. The number of alkyl halides is 3. The van der Waals surface area contributed by atoms with E-state index in [-0.39, 0.29) is 0 Å². The molecule has 1 amide bonds. The van der Waals surface area contributed by atoms with Crippen molar-refractivity contribution in [2.24, 2.45) is 13.0 Å². The molecule has 2 heterocycles. The van der Waals surface area contributed by atoms with Crippen molar-refractivity contribution in [1.82, 2.24) is 14.5 Å². The van der Waals surface area contributed by atoms with Crippen LogP contribution in [0.1, 0.15) is 25.1 Å². The normalized spacial score (nSPS) is 19.3. The highest BCUT2D eigenvalue weighted by Crippen LogP contribution is 2.41. The molecule has 1 atom stereocenters. The lowest BCUT2D eigenvalue weighted by Gasteiger charge is -2.35. The molecule has 0 aromatic carbocycles. The van der Waals surface area contributed by atoms with Crippen molar-refractivity contribution in [3.63, 3.8) is 0 Å². The molecule has 1 aliphatic heterocycles. The molecule has 1 saturated heterocycles. The van der Waals surface area contributed by atoms with Gasteiger partial charge in [-0.25, -0.2) is 4.98 Å². The molecule has 1 aromatic rings. The maximum atomic E-state index is 13.4. The van der Waals surface area contributed by atoms with Crippen molar-refractivity contribution in [2.45, 2.75) is 31.0 Å². The second kappa shape index (κ2) is 7.10. The van der Waals surface area contributed by atoms with Crippen LogP contribution in [0.3, 0.4) is 0 Å². The van der Waals surface area contributed by atoms with Crippen molar-refractivity contribution < 1.29 is 27.8 Å². The summed E-state index contributed by atoms with van der Waals surface area (Å²) in [6, 6.07) is 0. The van der Waals surface area contributed by atoms with Crippen LogP contribution in [0.2, 0.25) is 0 Å². The molecule has 0 radical (unpaired) electrons. The van der Waals surface area contributed by atoms with Gasteiger partial charge in [0.05, 0.1) is 6.42 Å². The van der Waals surface area contributed by atoms with Gasteiger partial charge in [-0.3, -0.25) is 4.79 Å². The van der Waals surface area contributed by atoms with Gasteiger partial charge in [0.25, 0.3) is 0 Å². The summed E-state index contributed by atoms with van der Waals surface area (Å²) >= 11 is 0. The molecule has 0 aliphatic carbocycles. The zero-order valence-electron chi connectivity index (χ0n) is 13.7. The van der Waals surface area contributed by atoms with E-state index in [1.807, 2.05) is 0 Å². The molecule has 24 heavy (non-hydrogen) atoms. The monoisotopic (exact) mass is 349 g/mol. The van der Waals surface area contributed by atoms with Crippen LogP contribution in [-0.2, 0) is 22.2 Å². The number of rotatable bonds is 5. The molecule has 0 spiro atoms. The number of hydrogen-bond donors (Lipinski definition) is 1. The van der Waals surface area contributed by atoms with Crippen LogP contribution in [-0.4, -0.2) is 58.4 Å². The number of likely N-dealkylation sites (tertiary alicyclic amines) is 1. The molecule has 0 saturated carbocycles. The van der Waals surface area contributed by atoms with Crippen molar-refractivity contribution >= 4 is 5.91 Å². The van der Waals surface area contributed by atoms with E-state index in [1.165, 1.54) is 18.1 Å². The van der Waals surface area contributed by atoms with Gasteiger partial charge in [-0.2, -0.15) is 13.2 Å². The number of ether oxygens (including phenoxy) is 1. The number of amides is 1. The zero-order valence-corrected chi connectivity index (χ0v) is 13.7. The largest absolute Gasteiger partial charge is 0.425 e. The predicted molar refractivity (Wildman–Crippen MR) is 79.0 cm³/mol. The van der Waals surface area contributed by atoms with Crippen molar-refractivity contribution in [2.75, 3.05) is 26.8 Å². The average molecular weight is 349 g/mol. The number of imidazole rings is 1. The number of carbonyl (C=O) groups excluding carboxylic acids is 1. The lowest BCUT2D eigenvalue weighted by atomic mass is 9.94. The highest BCUT2D eigenvalue weighted by atomic mass is 19.4. The van der Waals surface area contributed by atoms with Gasteiger partial charge < -0.3 is 19.3 Å². The number of methoxy groups -OCH3 is 1. The summed E-state index contributed by atoms with van der Waals surface area (Å²) in [7, 11) is 2.94. The van der Waals surface area contributed by atoms with Gasteiger partial charge in [-0.1, -0.05) is 0 Å². The lowest BCUT2D eigenvalue weighted by molar-refractivity contribution is -0.272. The number of carbonyl (C=O) groups is 1. The Balaban J connectivity index is 2.11. The van der Waals surface area contributed by atoms with E-state index in [0.717, 1.165) is 10.8 Å². The van der Waals surface area contributed by atoms with Crippen molar-refractivity contribution in [3.8, 4) is 0 Å². The highest BCUT2D eigenvalue weighted by Gasteiger charge is 2.59. The minimum absolute atomic E-state index is 0.301. The van der Waals surface area contributed by atoms with Crippen LogP contribution >= 0.6 is 0 Å². The topological polar surface area (TPSA) is 67.6 Å². The van der Waals surface area contributed by atoms with E-state index in [0.29, 0.717) is 38.5 Å². The van der Waals surface area contributed by atoms with Crippen LogP contribution in [0, 0.1) is 5.92 Å². The molecule has 1 aromatic heterocycles. The molecule has 1 N–H and O–H groups in total. The minimum Gasteiger partial charge on any atom is -0.384 e. The summed E-state index contributed by atoms with van der Waals surface area (Å²) in [6.07, 6.45) is -2.27. The highest BCUT2D eigenvalue weighted by molar-refractivity contribution is 5.77. The van der Waals surface area contributed by atoms with Gasteiger partial charge in [0.15, 0.2) is 5.82 Å². The molecule has 1 fully saturated rings. The number of aryl methyl sites for hydroxylation is 1. The Bertz CT molecular complexity index is 568. The van der Waals surface area contributed by atoms with Crippen LogP contribution < -0.4 is 0 Å². The molecule has 136 valence electrons. The molecule has 1 aliphatic rings. The Hall–Kier alpha value is -1.61. The maximum Gasteiger partial charge on any atom is 0.425 e. The van der Waals surface area contributed by atoms with Crippen LogP contribution in [0.5, 0.6) is 0 Å². The Morgan fingerprint density at radius 3 is 2.50 bits per heavy atom. The number of halogens is 3. The number of aliphatic hydroxyl groups is 1. The minimum atomic E-state index is -5.00. The zero-order chi connectivity index (χ0) is 18.0. The quantitative estimate of drug-likeness (QED) is 0.874. The summed E-state index contributed by atoms with van der Waals surface area (Å²) in [5.41, 5.74) is -3.30. The molecule has 0 bridgehead atoms. The fourth-order valence-electron chi connectivity index (χ4n) is 2.99. The maximum absolute atomic E-state index is 13.4. The third-order valence-electron chi connectivity index (χ3n) is 4.44. The summed E-state index contributed by atoms with van der Waals surface area (Å²) in [5.74, 6) is -1.01. The van der Waals surface area contributed by atoms with Crippen LogP contribution in [0.4, 0.5) is 13.2 Å². The number of aromatic nitrogens is 2. The third-order valence-corrected chi connectivity index (χ3v) is 4.44. The lowest BCUT2D eigenvalue weighted by Crippen LogP contribution is -2.49. The van der Waals surface area contributed by atoms with Crippen molar-refractivity contribution in [1.29, 1.82) is 0 Å². The van der Waals surface area contributed by atoms with Crippen LogP contribution in [0.25, 0.3) is 0 Å². The summed E-state index contributed by atoms with van der Waals surface area (Å²) in [6.45, 7) is 1.30. The SMILES string of the molecule is COCC1CCN(C(=O)CC(O)(c2nccn2C)C(F)(F)F)CC1. The Morgan fingerprint density at radius 2 is 2.04 bits per heavy atom. The second-order valence-corrected chi connectivity index (χ2v) is 6.18. The van der Waals surface area contributed by atoms with Gasteiger partial charge in [0.2, 0.25) is 11.5 Å². The first-order valence-corrected chi connectivity index (χ1v) is 7.72. The fourth-order valence-corrected chi connectivity index (χ4v) is 2.99. The first-order valence-electron chi connectivity index (χ1n) is 7.72. The summed E-state index contributed by atoms with van der Waals surface area (Å²) < 4.78 is 46.5. The molecular formula is C15H22F3N3O3. The first kappa shape index (κ1) is 18.7. The van der Waals surface area contributed by atoms with E-state index in [4.69, 9.17) is 4.74 Å². The number of hydrogen-bond acceptors (Lipinski definition) is 4. The molecule has 9 heteroatoms. The van der Waals surface area contributed by atoms with E-state index >= 15 is 0 Å². The Morgan fingerprint density at radius 1 is 1.42 bits per heavy atom. The van der Waals surface area contributed by atoms with Gasteiger partial charge in [0, 0.05) is 46.2 Å². The predicted octanol–water partition coefficient (Wildman–Crippen LogP) is 1.45. The first-order chi connectivity index (χ1) is 11.2. The summed E-state index contributed by atoms with van der Waals surface area (Å²) in [4.78, 5) is 17.3. The average Bonchev–Trinajstić information content (AvgIpc) is 2.93. The molecular weight excluding hydrogens is 327 g/mol. The van der Waals surface area contributed by atoms with Gasteiger partial charge in [-0.15, -0.1) is 0 Å².